The first-order chi connectivity index (χ1) is 5.58. The summed E-state index contributed by atoms with van der Waals surface area (Å²) >= 11 is -1.29. The second-order valence-electron chi connectivity index (χ2n) is 4.55. The summed E-state index contributed by atoms with van der Waals surface area (Å²) in [7, 11) is 0. The second-order valence-corrected chi connectivity index (χ2v) is 16.3. The van der Waals surface area contributed by atoms with Crippen molar-refractivity contribution in [2.45, 2.75) is 28.9 Å². The van der Waals surface area contributed by atoms with Crippen LogP contribution < -0.4 is 0 Å². The Labute approximate surface area is 78.4 Å². The number of benzene rings is 1. The molecule has 1 aromatic carbocycles. The van der Waals surface area contributed by atoms with Gasteiger partial charge in [-0.1, -0.05) is 0 Å². The van der Waals surface area contributed by atoms with Gasteiger partial charge in [-0.2, -0.15) is 0 Å². The Morgan fingerprint density at radius 1 is 1.00 bits per heavy atom. The maximum absolute atomic E-state index is 2.48. The van der Waals surface area contributed by atoms with E-state index in [0.29, 0.717) is 0 Å². The Hall–Kier alpha value is -0.237. The molecular formula is C11H18Ge. The third-order valence-corrected chi connectivity index (χ3v) is 5.68. The van der Waals surface area contributed by atoms with Crippen LogP contribution in [0.25, 0.3) is 0 Å². The van der Waals surface area contributed by atoms with Gasteiger partial charge in [0.05, 0.1) is 0 Å². The summed E-state index contributed by atoms with van der Waals surface area (Å²) in [5.74, 6) is 7.43. The SMILES string of the molecule is [CH3][Ge]([CH3])([CH3])[CH2]Cc1ccccc1. The molecule has 0 radical (unpaired) electrons. The molecule has 0 unspecified atom stereocenters. The van der Waals surface area contributed by atoms with Crippen LogP contribution in [-0.4, -0.2) is 13.3 Å². The molecule has 1 aromatic rings. The molecule has 0 saturated heterocycles. The molecule has 0 nitrogen and oxygen atoms in total. The fraction of sp³-hybridized carbons (Fsp3) is 0.455. The summed E-state index contributed by atoms with van der Waals surface area (Å²) in [4.78, 5) is 0. The molecule has 0 N–H and O–H groups in total. The van der Waals surface area contributed by atoms with E-state index in [1.165, 1.54) is 17.2 Å². The molecule has 0 aliphatic rings. The summed E-state index contributed by atoms with van der Waals surface area (Å²) < 4.78 is 0. The van der Waals surface area contributed by atoms with E-state index in [4.69, 9.17) is 0 Å². The van der Waals surface area contributed by atoms with Gasteiger partial charge >= 0.3 is 78.1 Å². The molecule has 1 heteroatoms. The van der Waals surface area contributed by atoms with Gasteiger partial charge in [0.15, 0.2) is 0 Å². The number of hydrogen-bond acceptors (Lipinski definition) is 0. The van der Waals surface area contributed by atoms with E-state index in [0.717, 1.165) is 0 Å². The van der Waals surface area contributed by atoms with Crippen molar-refractivity contribution >= 4 is 13.3 Å². The first kappa shape index (κ1) is 9.85. The van der Waals surface area contributed by atoms with Crippen molar-refractivity contribution in [2.75, 3.05) is 0 Å². The molecular weight excluding hydrogens is 205 g/mol. The Morgan fingerprint density at radius 3 is 2.08 bits per heavy atom. The number of hydrogen-bond donors (Lipinski definition) is 0. The zero-order chi connectivity index (χ0) is 9.03. The Bertz CT molecular complexity index is 221. The Balaban J connectivity index is 2.44. The first-order valence-electron chi connectivity index (χ1n) is 4.62. The Kier molecular flexibility index (Phi) is 3.39. The van der Waals surface area contributed by atoms with Gasteiger partial charge in [-0.3, -0.25) is 0 Å². The third-order valence-electron chi connectivity index (χ3n) is 2.01. The molecule has 1 rings (SSSR count). The van der Waals surface area contributed by atoms with Crippen LogP contribution in [0.15, 0.2) is 30.3 Å². The molecule has 0 aliphatic carbocycles. The molecule has 0 amide bonds. The number of rotatable bonds is 3. The minimum absolute atomic E-state index is 1.28. The van der Waals surface area contributed by atoms with Crippen LogP contribution in [0.1, 0.15) is 5.56 Å². The topological polar surface area (TPSA) is 0 Å². The zero-order valence-corrected chi connectivity index (χ0v) is 10.4. The Morgan fingerprint density at radius 2 is 1.58 bits per heavy atom. The van der Waals surface area contributed by atoms with Crippen molar-refractivity contribution in [3.05, 3.63) is 35.9 Å². The molecule has 0 fully saturated rings. The second kappa shape index (κ2) is 4.13. The summed E-state index contributed by atoms with van der Waals surface area (Å²) in [6.07, 6.45) is 1.28. The van der Waals surface area contributed by atoms with Gasteiger partial charge in [0.2, 0.25) is 0 Å². The molecule has 0 aromatic heterocycles. The predicted octanol–water partition coefficient (Wildman–Crippen LogP) is 3.57. The fourth-order valence-electron chi connectivity index (χ4n) is 1.16. The summed E-state index contributed by atoms with van der Waals surface area (Å²) in [5.41, 5.74) is 1.50. The first-order valence-corrected chi connectivity index (χ1v) is 12.4. The van der Waals surface area contributed by atoms with Crippen molar-refractivity contribution in [1.29, 1.82) is 0 Å². The van der Waals surface area contributed by atoms with E-state index < -0.39 is 13.3 Å². The van der Waals surface area contributed by atoms with Crippen LogP contribution in [0, 0.1) is 0 Å². The van der Waals surface area contributed by atoms with Crippen LogP contribution in [0.3, 0.4) is 0 Å². The molecule has 12 heavy (non-hydrogen) atoms. The van der Waals surface area contributed by atoms with E-state index >= 15 is 0 Å². The van der Waals surface area contributed by atoms with Gasteiger partial charge in [-0.25, -0.2) is 0 Å². The van der Waals surface area contributed by atoms with E-state index in [2.05, 4.69) is 47.6 Å². The fourth-order valence-corrected chi connectivity index (χ4v) is 3.34. The van der Waals surface area contributed by atoms with E-state index in [-0.39, 0.29) is 0 Å². The van der Waals surface area contributed by atoms with Gasteiger partial charge < -0.3 is 0 Å². The van der Waals surface area contributed by atoms with Crippen LogP contribution in [0.2, 0.25) is 22.5 Å². The van der Waals surface area contributed by atoms with Crippen molar-refractivity contribution in [3.8, 4) is 0 Å². The predicted molar refractivity (Wildman–Crippen MR) is 58.3 cm³/mol. The average molecular weight is 223 g/mol. The van der Waals surface area contributed by atoms with Crippen LogP contribution in [0.4, 0.5) is 0 Å². The van der Waals surface area contributed by atoms with Crippen LogP contribution >= 0.6 is 0 Å². The minimum atomic E-state index is -1.29. The third kappa shape index (κ3) is 3.96. The van der Waals surface area contributed by atoms with E-state index in [1.807, 2.05) is 0 Å². The van der Waals surface area contributed by atoms with Gasteiger partial charge in [-0.15, -0.1) is 0 Å². The van der Waals surface area contributed by atoms with Crippen molar-refractivity contribution in [2.24, 2.45) is 0 Å². The average Bonchev–Trinajstić information content (AvgIpc) is 2.02. The van der Waals surface area contributed by atoms with Crippen LogP contribution in [0.5, 0.6) is 0 Å². The van der Waals surface area contributed by atoms with E-state index in [9.17, 15) is 0 Å². The summed E-state index contributed by atoms with van der Waals surface area (Å²) in [5, 5.41) is 1.45. The molecule has 66 valence electrons. The zero-order valence-electron chi connectivity index (χ0n) is 8.30. The molecule has 0 bridgehead atoms. The molecule has 0 aliphatic heterocycles. The van der Waals surface area contributed by atoms with Gasteiger partial charge in [0.25, 0.3) is 0 Å². The number of aryl methyl sites for hydroxylation is 1. The van der Waals surface area contributed by atoms with E-state index in [1.54, 1.807) is 0 Å². The molecule has 0 heterocycles. The van der Waals surface area contributed by atoms with Gasteiger partial charge in [-0.05, 0) is 0 Å². The van der Waals surface area contributed by atoms with Crippen LogP contribution in [-0.2, 0) is 6.42 Å². The molecule has 0 spiro atoms. The van der Waals surface area contributed by atoms with Gasteiger partial charge in [0, 0.05) is 0 Å². The van der Waals surface area contributed by atoms with Crippen molar-refractivity contribution < 1.29 is 0 Å². The normalized spacial score (nSPS) is 11.6. The van der Waals surface area contributed by atoms with Crippen molar-refractivity contribution in [3.63, 3.8) is 0 Å². The van der Waals surface area contributed by atoms with Gasteiger partial charge in [0.1, 0.15) is 0 Å². The summed E-state index contributed by atoms with van der Waals surface area (Å²) in [6.45, 7) is 0. The standard InChI is InChI=1S/C11H18Ge/c1-12(2,3)10-9-11-7-5-4-6-8-11/h4-8H,9-10H2,1-3H3. The summed E-state index contributed by atoms with van der Waals surface area (Å²) in [6, 6.07) is 10.8. The molecule has 0 saturated carbocycles. The molecule has 0 atom stereocenters. The quantitative estimate of drug-likeness (QED) is 0.687. The maximum atomic E-state index is 2.48. The monoisotopic (exact) mass is 224 g/mol. The van der Waals surface area contributed by atoms with Crippen molar-refractivity contribution in [1.82, 2.24) is 0 Å².